The molecular weight excluding hydrogens is 395 g/mol. The van der Waals surface area contributed by atoms with E-state index in [1.54, 1.807) is 0 Å². The molecular formula is C18H17BrF3N3. The van der Waals surface area contributed by atoms with E-state index in [0.29, 0.717) is 19.3 Å². The summed E-state index contributed by atoms with van der Waals surface area (Å²) < 4.78 is 41.8. The van der Waals surface area contributed by atoms with Crippen LogP contribution in [-0.4, -0.2) is 20.9 Å². The van der Waals surface area contributed by atoms with Crippen molar-refractivity contribution in [3.05, 3.63) is 46.0 Å². The minimum atomic E-state index is -4.09. The Balaban J connectivity index is 1.68. The molecule has 0 radical (unpaired) electrons. The largest absolute Gasteiger partial charge is 0.391 e. The van der Waals surface area contributed by atoms with Crippen molar-refractivity contribution in [2.24, 2.45) is 5.92 Å². The highest BCUT2D eigenvalue weighted by Crippen LogP contribution is 2.43. The van der Waals surface area contributed by atoms with E-state index < -0.39 is 12.1 Å². The molecule has 0 saturated heterocycles. The maximum absolute atomic E-state index is 12.9. The molecule has 4 rings (SSSR count). The van der Waals surface area contributed by atoms with Gasteiger partial charge in [-0.1, -0.05) is 28.1 Å². The van der Waals surface area contributed by atoms with Gasteiger partial charge < -0.3 is 0 Å². The molecule has 2 aromatic rings. The summed E-state index contributed by atoms with van der Waals surface area (Å²) in [6.45, 7) is 0. The van der Waals surface area contributed by atoms with Crippen LogP contribution in [0.3, 0.4) is 0 Å². The summed E-state index contributed by atoms with van der Waals surface area (Å²) in [5, 5.41) is 8.67. The van der Waals surface area contributed by atoms with Gasteiger partial charge in [0.05, 0.1) is 11.6 Å². The van der Waals surface area contributed by atoms with Gasteiger partial charge in [0.2, 0.25) is 0 Å². The zero-order chi connectivity index (χ0) is 17.6. The number of halogens is 4. The van der Waals surface area contributed by atoms with Crippen LogP contribution in [0.1, 0.15) is 48.8 Å². The molecule has 1 aromatic heterocycles. The molecule has 0 bridgehead atoms. The first-order valence-electron chi connectivity index (χ1n) is 8.41. The van der Waals surface area contributed by atoms with E-state index in [1.165, 1.54) is 0 Å². The first kappa shape index (κ1) is 16.8. The molecule has 1 fully saturated rings. The lowest BCUT2D eigenvalue weighted by molar-refractivity contribution is -0.182. The van der Waals surface area contributed by atoms with Gasteiger partial charge in [0.1, 0.15) is 11.6 Å². The number of hydrogen-bond acceptors (Lipinski definition) is 2. The van der Waals surface area contributed by atoms with Gasteiger partial charge in [0.25, 0.3) is 0 Å². The molecule has 2 heterocycles. The molecule has 132 valence electrons. The van der Waals surface area contributed by atoms with Gasteiger partial charge in [-0.3, -0.25) is 4.57 Å². The second-order valence-electron chi connectivity index (χ2n) is 6.71. The summed E-state index contributed by atoms with van der Waals surface area (Å²) in [7, 11) is 0. The van der Waals surface area contributed by atoms with Crippen molar-refractivity contribution < 1.29 is 13.2 Å². The molecule has 1 aliphatic carbocycles. The predicted octanol–water partition coefficient (Wildman–Crippen LogP) is 5.44. The summed E-state index contributed by atoms with van der Waals surface area (Å²) in [6.07, 6.45) is 2.02. The summed E-state index contributed by atoms with van der Waals surface area (Å²) in [4.78, 5) is 0. The quantitative estimate of drug-likeness (QED) is 0.625. The topological polar surface area (TPSA) is 30.7 Å². The minimum Gasteiger partial charge on any atom is -0.282 e. The van der Waals surface area contributed by atoms with Crippen LogP contribution in [0.4, 0.5) is 13.2 Å². The number of nitrogens with zero attached hydrogens (tertiary/aromatic N) is 3. The van der Waals surface area contributed by atoms with E-state index in [-0.39, 0.29) is 18.8 Å². The van der Waals surface area contributed by atoms with Gasteiger partial charge in [-0.2, -0.15) is 13.2 Å². The Morgan fingerprint density at radius 1 is 1.08 bits per heavy atom. The van der Waals surface area contributed by atoms with Crippen LogP contribution in [0, 0.1) is 5.92 Å². The Labute approximate surface area is 152 Å². The number of allylic oxidation sites excluding steroid dienone is 1. The van der Waals surface area contributed by atoms with E-state index in [9.17, 15) is 13.2 Å². The number of alkyl halides is 3. The lowest BCUT2D eigenvalue weighted by Gasteiger charge is -2.29. The van der Waals surface area contributed by atoms with Gasteiger partial charge in [0.15, 0.2) is 0 Å². The standard InChI is InChI=1S/C18H17BrF3N3/c19-14-8-9-15-12(10-14)2-1-3-16-23-24-17(25(15)16)11-4-6-13(7-5-11)18(20,21)22/h1-2,8-11,13H,3-7H2/t11-,13-. The number of fused-ring (bicyclic) bond motifs is 3. The molecule has 0 amide bonds. The Bertz CT molecular complexity index is 817. The lowest BCUT2D eigenvalue weighted by Crippen LogP contribution is -2.28. The second kappa shape index (κ2) is 6.27. The minimum absolute atomic E-state index is 0.0226. The lowest BCUT2D eigenvalue weighted by atomic mass is 9.81. The molecule has 0 spiro atoms. The van der Waals surface area contributed by atoms with Crippen molar-refractivity contribution in [2.75, 3.05) is 0 Å². The fraction of sp³-hybridized carbons (Fsp3) is 0.444. The molecule has 0 N–H and O–H groups in total. The zero-order valence-corrected chi connectivity index (χ0v) is 15.0. The van der Waals surface area contributed by atoms with Crippen LogP contribution in [0.25, 0.3) is 11.8 Å². The summed E-state index contributed by atoms with van der Waals surface area (Å²) in [5.74, 6) is 0.475. The molecule has 3 nitrogen and oxygen atoms in total. The Hall–Kier alpha value is -1.63. The zero-order valence-electron chi connectivity index (χ0n) is 13.4. The average Bonchev–Trinajstić information content (AvgIpc) is 2.90. The molecule has 1 aromatic carbocycles. The first-order valence-corrected chi connectivity index (χ1v) is 9.20. The third-order valence-corrected chi connectivity index (χ3v) is 5.63. The fourth-order valence-corrected chi connectivity index (χ4v) is 4.20. The average molecular weight is 412 g/mol. The normalized spacial score (nSPS) is 23.0. The van der Waals surface area contributed by atoms with Gasteiger partial charge in [-0.05, 0) is 49.4 Å². The summed E-state index contributed by atoms with van der Waals surface area (Å²) in [5.41, 5.74) is 2.04. The molecule has 1 aliphatic heterocycles. The number of hydrogen-bond donors (Lipinski definition) is 0. The highest BCUT2D eigenvalue weighted by molar-refractivity contribution is 9.10. The SMILES string of the molecule is FC(F)(F)[C@H]1CC[C@H](c2nnc3n2-c2ccc(Br)cc2C=CC3)CC1. The van der Waals surface area contributed by atoms with Crippen LogP contribution in [0.5, 0.6) is 0 Å². The van der Waals surface area contributed by atoms with E-state index >= 15 is 0 Å². The van der Waals surface area contributed by atoms with Crippen LogP contribution >= 0.6 is 15.9 Å². The third kappa shape index (κ3) is 3.14. The molecule has 0 unspecified atom stereocenters. The Morgan fingerprint density at radius 3 is 2.56 bits per heavy atom. The van der Waals surface area contributed by atoms with Crippen LogP contribution in [0.15, 0.2) is 28.7 Å². The fourth-order valence-electron chi connectivity index (χ4n) is 3.82. The smallest absolute Gasteiger partial charge is 0.282 e. The summed E-state index contributed by atoms with van der Waals surface area (Å²) >= 11 is 3.49. The van der Waals surface area contributed by atoms with Gasteiger partial charge in [0, 0.05) is 16.8 Å². The third-order valence-electron chi connectivity index (χ3n) is 5.14. The van der Waals surface area contributed by atoms with Crippen molar-refractivity contribution in [1.82, 2.24) is 14.8 Å². The second-order valence-corrected chi connectivity index (χ2v) is 7.63. The van der Waals surface area contributed by atoms with Crippen LogP contribution in [0.2, 0.25) is 0 Å². The monoisotopic (exact) mass is 411 g/mol. The Kier molecular flexibility index (Phi) is 4.22. The van der Waals surface area contributed by atoms with E-state index in [0.717, 1.165) is 27.4 Å². The van der Waals surface area contributed by atoms with E-state index in [4.69, 9.17) is 0 Å². The van der Waals surface area contributed by atoms with E-state index in [1.807, 2.05) is 28.8 Å². The van der Waals surface area contributed by atoms with E-state index in [2.05, 4.69) is 32.2 Å². The molecule has 2 aliphatic rings. The van der Waals surface area contributed by atoms with Crippen LogP contribution < -0.4 is 0 Å². The van der Waals surface area contributed by atoms with Crippen molar-refractivity contribution in [3.8, 4) is 5.69 Å². The maximum atomic E-state index is 12.9. The summed E-state index contributed by atoms with van der Waals surface area (Å²) in [6, 6.07) is 6.00. The molecule has 1 saturated carbocycles. The number of benzene rings is 1. The van der Waals surface area contributed by atoms with Crippen LogP contribution in [-0.2, 0) is 6.42 Å². The molecule has 0 atom stereocenters. The highest BCUT2D eigenvalue weighted by atomic mass is 79.9. The molecule has 7 heteroatoms. The van der Waals surface area contributed by atoms with Gasteiger partial charge in [-0.25, -0.2) is 0 Å². The first-order chi connectivity index (χ1) is 11.9. The number of aromatic nitrogens is 3. The Morgan fingerprint density at radius 2 is 1.84 bits per heavy atom. The highest BCUT2D eigenvalue weighted by Gasteiger charge is 2.42. The number of rotatable bonds is 1. The van der Waals surface area contributed by atoms with Crippen molar-refractivity contribution in [2.45, 2.75) is 44.2 Å². The molecule has 25 heavy (non-hydrogen) atoms. The van der Waals surface area contributed by atoms with Crippen molar-refractivity contribution >= 4 is 22.0 Å². The maximum Gasteiger partial charge on any atom is 0.391 e. The van der Waals surface area contributed by atoms with Gasteiger partial charge >= 0.3 is 6.18 Å². The predicted molar refractivity (Wildman–Crippen MR) is 92.6 cm³/mol. The van der Waals surface area contributed by atoms with Gasteiger partial charge in [-0.15, -0.1) is 10.2 Å². The van der Waals surface area contributed by atoms with Crippen molar-refractivity contribution in [3.63, 3.8) is 0 Å². The van der Waals surface area contributed by atoms with Crippen molar-refractivity contribution in [1.29, 1.82) is 0 Å².